The molecular weight excluding hydrogens is 401 g/mol. The molecule has 0 atom stereocenters. The summed E-state index contributed by atoms with van der Waals surface area (Å²) in [6.07, 6.45) is 6.36. The number of likely N-dealkylation sites (tertiary alicyclic amines) is 1. The van der Waals surface area contributed by atoms with Crippen LogP contribution < -0.4 is 5.32 Å². The average molecular weight is 425 g/mol. The van der Waals surface area contributed by atoms with Crippen molar-refractivity contribution in [2.75, 3.05) is 25.0 Å². The Morgan fingerprint density at radius 2 is 1.83 bits per heavy atom. The summed E-state index contributed by atoms with van der Waals surface area (Å²) in [6, 6.07) is 14.2. The number of para-hydroxylation sites is 1. The first-order chi connectivity index (χ1) is 10.9. The van der Waals surface area contributed by atoms with E-state index < -0.39 is 0 Å². The van der Waals surface area contributed by atoms with E-state index in [1.807, 2.05) is 30.3 Å². The Morgan fingerprint density at radius 3 is 2.52 bits per heavy atom. The van der Waals surface area contributed by atoms with Gasteiger partial charge in [0.2, 0.25) is 0 Å². The lowest BCUT2D eigenvalue weighted by atomic mass is 10.1. The van der Waals surface area contributed by atoms with Crippen molar-refractivity contribution in [2.45, 2.75) is 25.7 Å². The Labute approximate surface area is 155 Å². The zero-order chi connectivity index (χ0) is 15.0. The fourth-order valence-electron chi connectivity index (χ4n) is 2.70. The number of furan rings is 1. The van der Waals surface area contributed by atoms with Gasteiger partial charge in [-0.2, -0.15) is 0 Å². The lowest BCUT2D eigenvalue weighted by Gasteiger charge is -2.30. The maximum absolute atomic E-state index is 5.38. The zero-order valence-corrected chi connectivity index (χ0v) is 15.6. The molecule has 0 radical (unpaired) electrons. The minimum atomic E-state index is 0. The minimum absolute atomic E-state index is 0. The summed E-state index contributed by atoms with van der Waals surface area (Å²) in [5, 5.41) is 3.47. The smallest absolute Gasteiger partial charge is 0.198 e. The van der Waals surface area contributed by atoms with Crippen LogP contribution in [0.25, 0.3) is 0 Å². The van der Waals surface area contributed by atoms with E-state index in [-0.39, 0.29) is 24.0 Å². The van der Waals surface area contributed by atoms with Gasteiger partial charge in [0.15, 0.2) is 5.96 Å². The number of aliphatic imine (C=N–C) groups is 1. The number of nitrogens with zero attached hydrogens (tertiary/aromatic N) is 2. The molecule has 1 aliphatic rings. The number of guanidine groups is 1. The highest BCUT2D eigenvalue weighted by atomic mass is 127. The highest BCUT2D eigenvalue weighted by Gasteiger charge is 2.14. The lowest BCUT2D eigenvalue weighted by molar-refractivity contribution is 0.340. The molecule has 2 heterocycles. The molecular formula is C18H24IN3O. The van der Waals surface area contributed by atoms with Crippen LogP contribution in [0.4, 0.5) is 5.69 Å². The Kier molecular flexibility index (Phi) is 7.45. The van der Waals surface area contributed by atoms with Gasteiger partial charge in [-0.3, -0.25) is 4.99 Å². The first-order valence-electron chi connectivity index (χ1n) is 8.06. The molecule has 124 valence electrons. The fourth-order valence-corrected chi connectivity index (χ4v) is 2.70. The molecule has 2 aromatic rings. The average Bonchev–Trinajstić information content (AvgIpc) is 3.09. The highest BCUT2D eigenvalue weighted by Crippen LogP contribution is 2.13. The molecule has 0 amide bonds. The molecule has 1 aromatic carbocycles. The van der Waals surface area contributed by atoms with Crippen LogP contribution in [0, 0.1) is 0 Å². The summed E-state index contributed by atoms with van der Waals surface area (Å²) in [6.45, 7) is 2.90. The SMILES string of the molecule is I.c1ccc(NC(=NCCc2ccco2)N2CCCCC2)cc1. The molecule has 5 heteroatoms. The summed E-state index contributed by atoms with van der Waals surface area (Å²) in [5.74, 6) is 1.97. The second-order valence-corrected chi connectivity index (χ2v) is 5.57. The Morgan fingerprint density at radius 1 is 1.04 bits per heavy atom. The van der Waals surface area contributed by atoms with E-state index in [0.29, 0.717) is 0 Å². The van der Waals surface area contributed by atoms with Crippen LogP contribution in [-0.2, 0) is 6.42 Å². The van der Waals surface area contributed by atoms with Gasteiger partial charge in [-0.1, -0.05) is 18.2 Å². The standard InChI is InChI=1S/C18H23N3O.HI/c1-3-8-16(9-4-1)20-18(21-13-5-2-6-14-21)19-12-11-17-10-7-15-22-17;/h1,3-4,7-10,15H,2,5-6,11-14H2,(H,19,20);1H. The third-order valence-electron chi connectivity index (χ3n) is 3.89. The second kappa shape index (κ2) is 9.60. The maximum Gasteiger partial charge on any atom is 0.198 e. The molecule has 0 bridgehead atoms. The molecule has 1 aromatic heterocycles. The normalized spacial score (nSPS) is 15.1. The summed E-state index contributed by atoms with van der Waals surface area (Å²) in [4.78, 5) is 7.15. The van der Waals surface area contributed by atoms with Crippen molar-refractivity contribution in [2.24, 2.45) is 4.99 Å². The molecule has 1 N–H and O–H groups in total. The van der Waals surface area contributed by atoms with Crippen molar-refractivity contribution in [3.63, 3.8) is 0 Å². The first-order valence-corrected chi connectivity index (χ1v) is 8.06. The van der Waals surface area contributed by atoms with Crippen LogP contribution in [0.2, 0.25) is 0 Å². The number of anilines is 1. The predicted octanol–water partition coefficient (Wildman–Crippen LogP) is 4.39. The third kappa shape index (κ3) is 5.57. The Balaban J connectivity index is 0.00000192. The van der Waals surface area contributed by atoms with Gasteiger partial charge >= 0.3 is 0 Å². The van der Waals surface area contributed by atoms with Crippen molar-refractivity contribution in [3.8, 4) is 0 Å². The molecule has 1 saturated heterocycles. The Hall–Kier alpha value is -1.50. The quantitative estimate of drug-likeness (QED) is 0.449. The first kappa shape index (κ1) is 17.8. The van der Waals surface area contributed by atoms with Gasteiger partial charge in [0.25, 0.3) is 0 Å². The third-order valence-corrected chi connectivity index (χ3v) is 3.89. The van der Waals surface area contributed by atoms with Crippen LogP contribution in [0.15, 0.2) is 58.1 Å². The largest absolute Gasteiger partial charge is 0.469 e. The minimum Gasteiger partial charge on any atom is -0.469 e. The maximum atomic E-state index is 5.38. The van der Waals surface area contributed by atoms with Crippen molar-refractivity contribution in [1.29, 1.82) is 0 Å². The molecule has 1 aliphatic heterocycles. The number of rotatable bonds is 4. The van der Waals surface area contributed by atoms with Gasteiger partial charge in [0.1, 0.15) is 5.76 Å². The van der Waals surface area contributed by atoms with Crippen molar-refractivity contribution < 1.29 is 4.42 Å². The molecule has 0 spiro atoms. The van der Waals surface area contributed by atoms with E-state index in [4.69, 9.17) is 9.41 Å². The molecule has 23 heavy (non-hydrogen) atoms. The van der Waals surface area contributed by atoms with Crippen LogP contribution in [-0.4, -0.2) is 30.5 Å². The van der Waals surface area contributed by atoms with E-state index >= 15 is 0 Å². The number of benzene rings is 1. The summed E-state index contributed by atoms with van der Waals surface area (Å²) >= 11 is 0. The summed E-state index contributed by atoms with van der Waals surface area (Å²) in [5.41, 5.74) is 1.09. The lowest BCUT2D eigenvalue weighted by Crippen LogP contribution is -2.40. The van der Waals surface area contributed by atoms with E-state index in [1.54, 1.807) is 6.26 Å². The van der Waals surface area contributed by atoms with Gasteiger partial charge in [-0.05, 0) is 43.5 Å². The van der Waals surface area contributed by atoms with E-state index in [1.165, 1.54) is 19.3 Å². The van der Waals surface area contributed by atoms with Crippen LogP contribution >= 0.6 is 24.0 Å². The topological polar surface area (TPSA) is 40.8 Å². The number of halogens is 1. The van der Waals surface area contributed by atoms with Crippen LogP contribution in [0.3, 0.4) is 0 Å². The van der Waals surface area contributed by atoms with Gasteiger partial charge in [0.05, 0.1) is 6.26 Å². The zero-order valence-electron chi connectivity index (χ0n) is 13.3. The van der Waals surface area contributed by atoms with Crippen LogP contribution in [0.5, 0.6) is 0 Å². The van der Waals surface area contributed by atoms with E-state index in [2.05, 4.69) is 22.3 Å². The summed E-state index contributed by atoms with van der Waals surface area (Å²) in [7, 11) is 0. The van der Waals surface area contributed by atoms with Gasteiger partial charge < -0.3 is 14.6 Å². The monoisotopic (exact) mass is 425 g/mol. The van der Waals surface area contributed by atoms with Gasteiger partial charge in [0, 0.05) is 31.7 Å². The van der Waals surface area contributed by atoms with E-state index in [9.17, 15) is 0 Å². The molecule has 1 fully saturated rings. The highest BCUT2D eigenvalue weighted by molar-refractivity contribution is 14.0. The second-order valence-electron chi connectivity index (χ2n) is 5.57. The molecule has 0 aliphatic carbocycles. The Bertz CT molecular complexity index is 578. The van der Waals surface area contributed by atoms with Crippen molar-refractivity contribution >= 4 is 35.6 Å². The predicted molar refractivity (Wildman–Crippen MR) is 106 cm³/mol. The molecule has 4 nitrogen and oxygen atoms in total. The van der Waals surface area contributed by atoms with Gasteiger partial charge in [-0.25, -0.2) is 0 Å². The molecule has 0 unspecified atom stereocenters. The van der Waals surface area contributed by atoms with Gasteiger partial charge in [-0.15, -0.1) is 24.0 Å². The van der Waals surface area contributed by atoms with Crippen molar-refractivity contribution in [3.05, 3.63) is 54.5 Å². The number of hydrogen-bond acceptors (Lipinski definition) is 2. The van der Waals surface area contributed by atoms with Crippen molar-refractivity contribution in [1.82, 2.24) is 4.90 Å². The van der Waals surface area contributed by atoms with Crippen LogP contribution in [0.1, 0.15) is 25.0 Å². The molecule has 3 rings (SSSR count). The fraction of sp³-hybridized carbons (Fsp3) is 0.389. The number of hydrogen-bond donors (Lipinski definition) is 1. The number of piperidine rings is 1. The summed E-state index contributed by atoms with van der Waals surface area (Å²) < 4.78 is 5.38. The van der Waals surface area contributed by atoms with E-state index in [0.717, 1.165) is 43.5 Å². The molecule has 0 saturated carbocycles. The number of nitrogens with one attached hydrogen (secondary N) is 1.